The third-order valence-electron chi connectivity index (χ3n) is 4.40. The molecule has 1 saturated heterocycles. The molecule has 8 heteroatoms. The summed E-state index contributed by atoms with van der Waals surface area (Å²) in [4.78, 5) is 38.7. The normalized spacial score (nSPS) is 15.4. The molecule has 1 fully saturated rings. The minimum Gasteiger partial charge on any atom is -0.493 e. The Balaban J connectivity index is 2.10. The fourth-order valence-corrected chi connectivity index (χ4v) is 3.05. The third kappa shape index (κ3) is 3.64. The lowest BCUT2D eigenvalue weighted by atomic mass is 10.0. The molecular formula is C21H20N2O6. The lowest BCUT2D eigenvalue weighted by molar-refractivity contribution is -0.122. The van der Waals surface area contributed by atoms with Crippen LogP contribution >= 0.6 is 0 Å². The zero-order valence-corrected chi connectivity index (χ0v) is 16.4. The predicted molar refractivity (Wildman–Crippen MR) is 106 cm³/mol. The number of carbonyl (C=O) groups excluding carboxylic acids is 3. The van der Waals surface area contributed by atoms with Crippen molar-refractivity contribution in [2.24, 2.45) is 0 Å². The number of hydrogen-bond acceptors (Lipinski definition) is 6. The van der Waals surface area contributed by atoms with E-state index in [2.05, 4.69) is 5.32 Å². The number of barbiturate groups is 1. The van der Waals surface area contributed by atoms with Crippen molar-refractivity contribution >= 4 is 29.6 Å². The van der Waals surface area contributed by atoms with E-state index in [0.717, 1.165) is 10.5 Å². The van der Waals surface area contributed by atoms with E-state index in [1.807, 2.05) is 13.0 Å². The van der Waals surface area contributed by atoms with Crippen LogP contribution in [0, 0.1) is 6.92 Å². The molecule has 0 aromatic heterocycles. The molecule has 0 bridgehead atoms. The zero-order valence-electron chi connectivity index (χ0n) is 16.4. The summed E-state index contributed by atoms with van der Waals surface area (Å²) < 4.78 is 16.0. The number of carbonyl (C=O) groups is 3. The molecule has 2 aromatic carbocycles. The number of nitrogens with zero attached hydrogens (tertiary/aromatic N) is 1. The van der Waals surface area contributed by atoms with Gasteiger partial charge in [-0.05, 0) is 42.8 Å². The van der Waals surface area contributed by atoms with Crippen LogP contribution in [0.25, 0.3) is 6.08 Å². The van der Waals surface area contributed by atoms with Gasteiger partial charge in [0.15, 0.2) is 11.5 Å². The van der Waals surface area contributed by atoms with Crippen molar-refractivity contribution in [1.29, 1.82) is 0 Å². The van der Waals surface area contributed by atoms with Gasteiger partial charge in [-0.15, -0.1) is 0 Å². The maximum Gasteiger partial charge on any atom is 0.335 e. The fourth-order valence-electron chi connectivity index (χ4n) is 3.05. The Hall–Kier alpha value is -3.81. The van der Waals surface area contributed by atoms with Gasteiger partial charge in [0.2, 0.25) is 5.75 Å². The van der Waals surface area contributed by atoms with Crippen LogP contribution in [-0.4, -0.2) is 39.2 Å². The van der Waals surface area contributed by atoms with Gasteiger partial charge in [-0.3, -0.25) is 14.9 Å². The summed E-state index contributed by atoms with van der Waals surface area (Å²) in [6, 6.07) is 9.32. The fraction of sp³-hybridized carbons (Fsp3) is 0.190. The van der Waals surface area contributed by atoms with Gasteiger partial charge in [0.05, 0.1) is 27.0 Å². The second-order valence-electron chi connectivity index (χ2n) is 6.22. The highest BCUT2D eigenvalue weighted by molar-refractivity contribution is 6.39. The summed E-state index contributed by atoms with van der Waals surface area (Å²) in [5.74, 6) is -0.483. The first kappa shape index (κ1) is 19.9. The van der Waals surface area contributed by atoms with Crippen LogP contribution in [0.15, 0.2) is 42.0 Å². The minimum absolute atomic E-state index is 0.211. The molecule has 0 unspecified atom stereocenters. The quantitative estimate of drug-likeness (QED) is 0.617. The summed E-state index contributed by atoms with van der Waals surface area (Å²) in [6.45, 7) is 1.84. The Morgan fingerprint density at radius 2 is 1.66 bits per heavy atom. The molecule has 0 saturated carbocycles. The van der Waals surface area contributed by atoms with Gasteiger partial charge in [0, 0.05) is 5.56 Å². The van der Waals surface area contributed by atoms with Gasteiger partial charge in [-0.1, -0.05) is 12.1 Å². The Morgan fingerprint density at radius 1 is 0.931 bits per heavy atom. The SMILES string of the molecule is COc1ccc(/C=C2\C(=O)NC(=O)N(c3cccc(C)c3)C2=O)c(OC)c1OC. The van der Waals surface area contributed by atoms with Crippen molar-refractivity contribution in [3.05, 3.63) is 53.1 Å². The molecule has 1 N–H and O–H groups in total. The van der Waals surface area contributed by atoms with E-state index in [1.54, 1.807) is 30.3 Å². The number of aryl methyl sites for hydroxylation is 1. The van der Waals surface area contributed by atoms with Crippen molar-refractivity contribution in [2.75, 3.05) is 26.2 Å². The van der Waals surface area contributed by atoms with E-state index in [4.69, 9.17) is 14.2 Å². The second kappa shape index (κ2) is 8.05. The van der Waals surface area contributed by atoms with E-state index in [-0.39, 0.29) is 5.57 Å². The van der Waals surface area contributed by atoms with Crippen LogP contribution in [0.4, 0.5) is 10.5 Å². The van der Waals surface area contributed by atoms with Crippen LogP contribution in [0.3, 0.4) is 0 Å². The molecule has 0 spiro atoms. The van der Waals surface area contributed by atoms with Crippen molar-refractivity contribution in [3.8, 4) is 17.2 Å². The van der Waals surface area contributed by atoms with E-state index in [1.165, 1.54) is 27.4 Å². The van der Waals surface area contributed by atoms with Gasteiger partial charge in [0.25, 0.3) is 11.8 Å². The minimum atomic E-state index is -0.804. The molecule has 150 valence electrons. The first-order valence-corrected chi connectivity index (χ1v) is 8.68. The summed E-state index contributed by atoms with van der Waals surface area (Å²) in [6.07, 6.45) is 1.35. The summed E-state index contributed by atoms with van der Waals surface area (Å²) in [7, 11) is 4.37. The molecule has 4 amide bonds. The molecule has 1 aliphatic heterocycles. The number of urea groups is 1. The van der Waals surface area contributed by atoms with E-state index in [9.17, 15) is 14.4 Å². The smallest absolute Gasteiger partial charge is 0.335 e. The number of amides is 4. The van der Waals surface area contributed by atoms with Gasteiger partial charge in [-0.2, -0.15) is 0 Å². The zero-order chi connectivity index (χ0) is 21.1. The summed E-state index contributed by atoms with van der Waals surface area (Å²) in [5, 5.41) is 2.20. The summed E-state index contributed by atoms with van der Waals surface area (Å²) in [5.41, 5.74) is 1.44. The van der Waals surface area contributed by atoms with Gasteiger partial charge >= 0.3 is 6.03 Å². The average molecular weight is 396 g/mol. The lowest BCUT2D eigenvalue weighted by Crippen LogP contribution is -2.54. The number of nitrogens with one attached hydrogen (secondary N) is 1. The second-order valence-corrected chi connectivity index (χ2v) is 6.22. The van der Waals surface area contributed by atoms with E-state index < -0.39 is 17.8 Å². The number of methoxy groups -OCH3 is 3. The Bertz CT molecular complexity index is 1030. The highest BCUT2D eigenvalue weighted by Gasteiger charge is 2.37. The van der Waals surface area contributed by atoms with Crippen LogP contribution in [-0.2, 0) is 9.59 Å². The summed E-state index contributed by atoms with van der Waals surface area (Å²) >= 11 is 0. The number of anilines is 1. The number of rotatable bonds is 5. The molecule has 1 heterocycles. The van der Waals surface area contributed by atoms with Crippen LogP contribution in [0.2, 0.25) is 0 Å². The molecule has 29 heavy (non-hydrogen) atoms. The molecule has 0 atom stereocenters. The Morgan fingerprint density at radius 3 is 2.28 bits per heavy atom. The highest BCUT2D eigenvalue weighted by Crippen LogP contribution is 2.40. The molecule has 1 aliphatic rings. The number of benzene rings is 2. The van der Waals surface area contributed by atoms with Gasteiger partial charge in [-0.25, -0.2) is 9.69 Å². The van der Waals surface area contributed by atoms with Gasteiger partial charge in [0.1, 0.15) is 5.57 Å². The largest absolute Gasteiger partial charge is 0.493 e. The molecular weight excluding hydrogens is 376 g/mol. The predicted octanol–water partition coefficient (Wildman–Crippen LogP) is 2.69. The lowest BCUT2D eigenvalue weighted by Gasteiger charge is -2.26. The van der Waals surface area contributed by atoms with E-state index >= 15 is 0 Å². The molecule has 2 aromatic rings. The van der Waals surface area contributed by atoms with Crippen molar-refractivity contribution in [1.82, 2.24) is 5.32 Å². The highest BCUT2D eigenvalue weighted by atomic mass is 16.5. The topological polar surface area (TPSA) is 94.2 Å². The maximum absolute atomic E-state index is 13.0. The Kier molecular flexibility index (Phi) is 5.54. The molecule has 0 aliphatic carbocycles. The van der Waals surface area contributed by atoms with E-state index in [0.29, 0.717) is 28.5 Å². The first-order valence-electron chi connectivity index (χ1n) is 8.68. The monoisotopic (exact) mass is 396 g/mol. The Labute approximate surface area is 167 Å². The molecule has 3 rings (SSSR count). The maximum atomic E-state index is 13.0. The van der Waals surface area contributed by atoms with Crippen LogP contribution < -0.4 is 24.4 Å². The molecule has 8 nitrogen and oxygen atoms in total. The number of ether oxygens (including phenoxy) is 3. The number of hydrogen-bond donors (Lipinski definition) is 1. The third-order valence-corrected chi connectivity index (χ3v) is 4.40. The molecule has 0 radical (unpaired) electrons. The van der Waals surface area contributed by atoms with Crippen molar-refractivity contribution < 1.29 is 28.6 Å². The standard InChI is InChI=1S/C21H20N2O6/c1-12-6-5-7-14(10-12)23-20(25)15(19(24)22-21(23)26)11-13-8-9-16(27-2)18(29-4)17(13)28-3/h5-11H,1-4H3,(H,22,24,26)/b15-11+. The van der Waals surface area contributed by atoms with Crippen molar-refractivity contribution in [3.63, 3.8) is 0 Å². The number of imide groups is 2. The average Bonchev–Trinajstić information content (AvgIpc) is 2.70. The first-order chi connectivity index (χ1) is 13.9. The van der Waals surface area contributed by atoms with Gasteiger partial charge < -0.3 is 14.2 Å². The van der Waals surface area contributed by atoms with Crippen LogP contribution in [0.1, 0.15) is 11.1 Å². The van der Waals surface area contributed by atoms with Crippen LogP contribution in [0.5, 0.6) is 17.2 Å². The van der Waals surface area contributed by atoms with Crippen molar-refractivity contribution in [2.45, 2.75) is 6.92 Å².